The molecule has 0 bridgehead atoms. The molecule has 0 aliphatic rings. The van der Waals surface area contributed by atoms with E-state index >= 15 is 0 Å². The quantitative estimate of drug-likeness (QED) is 0.555. The van der Waals surface area contributed by atoms with Crippen LogP contribution in [-0.4, -0.2) is 11.3 Å². The molecule has 0 N–H and O–H groups in total. The maximum atomic E-state index is 11.1. The lowest BCUT2D eigenvalue weighted by Gasteiger charge is -1.98. The molecule has 0 amide bonds. The van der Waals surface area contributed by atoms with Gasteiger partial charge in [-0.3, -0.25) is 0 Å². The highest BCUT2D eigenvalue weighted by Gasteiger charge is 2.27. The molecule has 0 spiro atoms. The van der Waals surface area contributed by atoms with Gasteiger partial charge in [0, 0.05) is 0 Å². The van der Waals surface area contributed by atoms with Crippen LogP contribution in [0.4, 0.5) is 13.2 Å². The Kier molecular flexibility index (Phi) is 2.69. The number of nitriles is 1. The van der Waals surface area contributed by atoms with Gasteiger partial charge in [-0.25, -0.2) is 0 Å². The lowest BCUT2D eigenvalue weighted by Crippen LogP contribution is -1.99. The van der Waals surface area contributed by atoms with Gasteiger partial charge >= 0.3 is 5.51 Å². The van der Waals surface area contributed by atoms with E-state index < -0.39 is 11.3 Å². The summed E-state index contributed by atoms with van der Waals surface area (Å²) in [6.07, 6.45) is 0. The van der Waals surface area contributed by atoms with Crippen LogP contribution in [0, 0.1) is 11.3 Å². The lowest BCUT2D eigenvalue weighted by molar-refractivity contribution is -0.0325. The van der Waals surface area contributed by atoms with Crippen LogP contribution in [0.3, 0.4) is 0 Å². The predicted molar refractivity (Wildman–Crippen MR) is 24.1 cm³/mol. The summed E-state index contributed by atoms with van der Waals surface area (Å²) in [6.45, 7) is 0. The van der Waals surface area contributed by atoms with E-state index in [4.69, 9.17) is 5.26 Å². The molecule has 0 aromatic carbocycles. The number of thioether (sulfide) groups is 1. The van der Waals surface area contributed by atoms with Gasteiger partial charge in [0.2, 0.25) is 0 Å². The molecule has 0 heterocycles. The van der Waals surface area contributed by atoms with Gasteiger partial charge in [0.15, 0.2) is 0 Å². The van der Waals surface area contributed by atoms with Gasteiger partial charge in [0.05, 0.1) is 11.8 Å². The number of rotatable bonds is 1. The molecule has 0 unspecified atom stereocenters. The van der Waals surface area contributed by atoms with Crippen LogP contribution in [0.1, 0.15) is 0 Å². The highest BCUT2D eigenvalue weighted by molar-refractivity contribution is 8.00. The summed E-state index contributed by atoms with van der Waals surface area (Å²) in [4.78, 5) is 0. The van der Waals surface area contributed by atoms with Crippen LogP contribution in [0.5, 0.6) is 0 Å². The summed E-state index contributed by atoms with van der Waals surface area (Å²) >= 11 is -0.328. The first-order valence-corrected chi connectivity index (χ1v) is 2.62. The highest BCUT2D eigenvalue weighted by Crippen LogP contribution is 2.29. The van der Waals surface area contributed by atoms with Gasteiger partial charge in [-0.1, -0.05) is 0 Å². The Morgan fingerprint density at radius 2 is 2.00 bits per heavy atom. The normalized spacial score (nSPS) is 10.8. The molecule has 0 aliphatic heterocycles. The van der Waals surface area contributed by atoms with Crippen LogP contribution in [0.25, 0.3) is 0 Å². The summed E-state index contributed by atoms with van der Waals surface area (Å²) in [5.41, 5.74) is -4.25. The van der Waals surface area contributed by atoms with Crippen molar-refractivity contribution in [3.63, 3.8) is 0 Å². The Hall–Kier alpha value is -0.370. The Labute approximate surface area is 48.5 Å². The third kappa shape index (κ3) is 5.63. The largest absolute Gasteiger partial charge is 0.442 e. The van der Waals surface area contributed by atoms with Crippen molar-refractivity contribution < 1.29 is 13.2 Å². The van der Waals surface area contributed by atoms with E-state index in [9.17, 15) is 13.2 Å². The first-order valence-electron chi connectivity index (χ1n) is 1.64. The fourth-order valence-corrected chi connectivity index (χ4v) is 0.342. The zero-order valence-electron chi connectivity index (χ0n) is 3.70. The van der Waals surface area contributed by atoms with Crippen LogP contribution in [0.15, 0.2) is 0 Å². The summed E-state index contributed by atoms with van der Waals surface area (Å²) in [7, 11) is 0. The van der Waals surface area contributed by atoms with Crippen molar-refractivity contribution in [2.24, 2.45) is 0 Å². The third-order valence-electron chi connectivity index (χ3n) is 0.300. The zero-order chi connectivity index (χ0) is 6.62. The molecule has 0 radical (unpaired) electrons. The van der Waals surface area contributed by atoms with E-state index in [1.165, 1.54) is 6.07 Å². The molecule has 0 rings (SSSR count). The van der Waals surface area contributed by atoms with Gasteiger partial charge in [0.1, 0.15) is 0 Å². The second kappa shape index (κ2) is 2.82. The zero-order valence-corrected chi connectivity index (χ0v) is 4.51. The second-order valence-electron chi connectivity index (χ2n) is 0.893. The summed E-state index contributed by atoms with van der Waals surface area (Å²) in [5, 5.41) is 7.66. The molecule has 5 heteroatoms. The molecule has 1 nitrogen and oxygen atoms in total. The number of hydrogen-bond donors (Lipinski definition) is 0. The molecule has 46 valence electrons. The summed E-state index contributed by atoms with van der Waals surface area (Å²) < 4.78 is 33.2. The second-order valence-corrected chi connectivity index (χ2v) is 1.93. The average molecular weight is 141 g/mol. The molecule has 0 aliphatic carbocycles. The maximum absolute atomic E-state index is 11.1. The number of hydrogen-bond acceptors (Lipinski definition) is 2. The topological polar surface area (TPSA) is 23.8 Å². The van der Waals surface area contributed by atoms with E-state index in [1.54, 1.807) is 0 Å². The first-order chi connectivity index (χ1) is 3.56. The minimum Gasteiger partial charge on any atom is -0.197 e. The van der Waals surface area contributed by atoms with Gasteiger partial charge in [0.25, 0.3) is 0 Å². The maximum Gasteiger partial charge on any atom is 0.442 e. The molecule has 0 saturated carbocycles. The summed E-state index contributed by atoms with van der Waals surface area (Å²) in [5.74, 6) is -0.524. The van der Waals surface area contributed by atoms with Gasteiger partial charge in [-0.15, -0.1) is 0 Å². The van der Waals surface area contributed by atoms with E-state index in [-0.39, 0.29) is 11.8 Å². The molecule has 8 heavy (non-hydrogen) atoms. The smallest absolute Gasteiger partial charge is 0.197 e. The Bertz CT molecular complexity index is 102. The van der Waals surface area contributed by atoms with E-state index in [1.807, 2.05) is 0 Å². The Morgan fingerprint density at radius 1 is 1.50 bits per heavy atom. The van der Waals surface area contributed by atoms with Gasteiger partial charge in [-0.05, 0) is 11.8 Å². The molecule has 0 saturated heterocycles. The van der Waals surface area contributed by atoms with Crippen molar-refractivity contribution in [1.29, 1.82) is 5.26 Å². The molecule has 0 aromatic heterocycles. The fourth-order valence-electron chi connectivity index (χ4n) is 0.114. The van der Waals surface area contributed by atoms with Crippen molar-refractivity contribution >= 4 is 11.8 Å². The van der Waals surface area contributed by atoms with Crippen molar-refractivity contribution in [1.82, 2.24) is 0 Å². The van der Waals surface area contributed by atoms with Crippen LogP contribution < -0.4 is 0 Å². The van der Waals surface area contributed by atoms with Crippen LogP contribution >= 0.6 is 11.8 Å². The number of alkyl halides is 3. The lowest BCUT2D eigenvalue weighted by atomic mass is 10.9. The molecular formula is C3H2F3NS. The van der Waals surface area contributed by atoms with Crippen molar-refractivity contribution in [3.8, 4) is 6.07 Å². The fraction of sp³-hybridized carbons (Fsp3) is 0.667. The third-order valence-corrected chi connectivity index (χ3v) is 0.901. The first kappa shape index (κ1) is 7.63. The van der Waals surface area contributed by atoms with E-state index in [0.717, 1.165) is 0 Å². The number of halogens is 3. The van der Waals surface area contributed by atoms with Crippen LogP contribution in [0.2, 0.25) is 0 Å². The van der Waals surface area contributed by atoms with E-state index in [2.05, 4.69) is 0 Å². The predicted octanol–water partition coefficient (Wildman–Crippen LogP) is 1.76. The minimum absolute atomic E-state index is 0.328. The monoisotopic (exact) mass is 141 g/mol. The molecule has 0 atom stereocenters. The molecule has 0 fully saturated rings. The average Bonchev–Trinajstić information content (AvgIpc) is 1.59. The highest BCUT2D eigenvalue weighted by atomic mass is 32.2. The van der Waals surface area contributed by atoms with Crippen molar-refractivity contribution in [3.05, 3.63) is 0 Å². The van der Waals surface area contributed by atoms with E-state index in [0.29, 0.717) is 0 Å². The van der Waals surface area contributed by atoms with Gasteiger partial charge < -0.3 is 0 Å². The SMILES string of the molecule is N#CCSC(F)(F)F. The van der Waals surface area contributed by atoms with Crippen molar-refractivity contribution in [2.75, 3.05) is 5.75 Å². The molecular weight excluding hydrogens is 139 g/mol. The number of nitrogens with zero attached hydrogens (tertiary/aromatic N) is 1. The minimum atomic E-state index is -4.25. The van der Waals surface area contributed by atoms with Crippen LogP contribution in [-0.2, 0) is 0 Å². The Morgan fingerprint density at radius 3 is 2.12 bits per heavy atom. The Balaban J connectivity index is 3.28. The summed E-state index contributed by atoms with van der Waals surface area (Å²) in [6, 6.07) is 1.37. The standard InChI is InChI=1S/C3H2F3NS/c4-3(5,6)8-2-1-7/h2H2. The van der Waals surface area contributed by atoms with Gasteiger partial charge in [-0.2, -0.15) is 18.4 Å². The molecule has 0 aromatic rings. The van der Waals surface area contributed by atoms with Crippen molar-refractivity contribution in [2.45, 2.75) is 5.51 Å².